The number of nitrogens with zero attached hydrogens (tertiary/aromatic N) is 2. The predicted molar refractivity (Wildman–Crippen MR) is 69.9 cm³/mol. The maximum Gasteiger partial charge on any atom is 0.224 e. The average molecular weight is 250 g/mol. The molecule has 1 aromatic rings. The lowest BCUT2D eigenvalue weighted by molar-refractivity contribution is -0.128. The summed E-state index contributed by atoms with van der Waals surface area (Å²) in [4.78, 5) is 21.1. The SMILES string of the molecule is CC(C)(C)CN1C[C@@H](NCc2ncc[nH]2)CC1=O. The molecule has 0 saturated carbocycles. The first-order valence-corrected chi connectivity index (χ1v) is 6.43. The summed E-state index contributed by atoms with van der Waals surface area (Å²) < 4.78 is 0. The number of imidazole rings is 1. The Labute approximate surface area is 108 Å². The van der Waals surface area contributed by atoms with Crippen molar-refractivity contribution in [3.8, 4) is 0 Å². The summed E-state index contributed by atoms with van der Waals surface area (Å²) in [7, 11) is 0. The Morgan fingerprint density at radius 1 is 1.56 bits per heavy atom. The average Bonchev–Trinajstić information content (AvgIpc) is 2.84. The van der Waals surface area contributed by atoms with Crippen molar-refractivity contribution >= 4 is 5.91 Å². The Kier molecular flexibility index (Phi) is 3.71. The van der Waals surface area contributed by atoms with Gasteiger partial charge in [-0.15, -0.1) is 0 Å². The van der Waals surface area contributed by atoms with Gasteiger partial charge in [-0.1, -0.05) is 20.8 Å². The van der Waals surface area contributed by atoms with Crippen LogP contribution in [0.4, 0.5) is 0 Å². The normalized spacial score (nSPS) is 20.7. The molecule has 0 unspecified atom stereocenters. The largest absolute Gasteiger partial charge is 0.348 e. The van der Waals surface area contributed by atoms with E-state index in [1.54, 1.807) is 6.20 Å². The number of rotatable bonds is 4. The van der Waals surface area contributed by atoms with E-state index >= 15 is 0 Å². The van der Waals surface area contributed by atoms with Gasteiger partial charge in [-0.25, -0.2) is 4.98 Å². The number of hydrogen-bond acceptors (Lipinski definition) is 3. The number of nitrogens with one attached hydrogen (secondary N) is 2. The van der Waals surface area contributed by atoms with Crippen molar-refractivity contribution in [2.24, 2.45) is 5.41 Å². The fraction of sp³-hybridized carbons (Fsp3) is 0.692. The first kappa shape index (κ1) is 13.1. The number of aromatic amines is 1. The molecule has 2 N–H and O–H groups in total. The van der Waals surface area contributed by atoms with Crippen molar-refractivity contribution in [2.45, 2.75) is 39.8 Å². The summed E-state index contributed by atoms with van der Waals surface area (Å²) in [5, 5.41) is 3.37. The highest BCUT2D eigenvalue weighted by Gasteiger charge is 2.31. The second-order valence-electron chi connectivity index (χ2n) is 6.15. The first-order valence-electron chi connectivity index (χ1n) is 6.43. The van der Waals surface area contributed by atoms with Gasteiger partial charge in [-0.05, 0) is 5.41 Å². The summed E-state index contributed by atoms with van der Waals surface area (Å²) in [5.74, 6) is 1.17. The van der Waals surface area contributed by atoms with E-state index < -0.39 is 0 Å². The van der Waals surface area contributed by atoms with Gasteiger partial charge in [0.05, 0.1) is 6.54 Å². The van der Waals surface area contributed by atoms with Crippen LogP contribution < -0.4 is 5.32 Å². The maximum atomic E-state index is 11.9. The van der Waals surface area contributed by atoms with E-state index in [9.17, 15) is 4.79 Å². The molecule has 1 fully saturated rings. The fourth-order valence-electron chi connectivity index (χ4n) is 2.27. The van der Waals surface area contributed by atoms with Gasteiger partial charge in [0.15, 0.2) is 0 Å². The van der Waals surface area contributed by atoms with Crippen LogP contribution in [0.3, 0.4) is 0 Å². The van der Waals surface area contributed by atoms with Crippen LogP contribution in [0.15, 0.2) is 12.4 Å². The standard InChI is InChI=1S/C13H22N4O/c1-13(2,3)9-17-8-10(6-12(17)18)16-7-11-14-4-5-15-11/h4-5,10,16H,6-9H2,1-3H3,(H,14,15)/t10-/m0/s1. The van der Waals surface area contributed by atoms with Gasteiger partial charge in [0.2, 0.25) is 5.91 Å². The quantitative estimate of drug-likeness (QED) is 0.842. The van der Waals surface area contributed by atoms with Gasteiger partial charge in [-0.2, -0.15) is 0 Å². The number of amides is 1. The Bertz CT molecular complexity index is 394. The van der Waals surface area contributed by atoms with E-state index in [1.807, 2.05) is 11.1 Å². The highest BCUT2D eigenvalue weighted by molar-refractivity contribution is 5.79. The van der Waals surface area contributed by atoms with Crippen molar-refractivity contribution in [1.82, 2.24) is 20.2 Å². The van der Waals surface area contributed by atoms with Crippen LogP contribution in [0.1, 0.15) is 33.0 Å². The molecule has 1 atom stereocenters. The zero-order valence-electron chi connectivity index (χ0n) is 11.4. The first-order chi connectivity index (χ1) is 8.44. The van der Waals surface area contributed by atoms with Crippen molar-refractivity contribution in [2.75, 3.05) is 13.1 Å². The molecule has 1 aliphatic heterocycles. The molecule has 18 heavy (non-hydrogen) atoms. The van der Waals surface area contributed by atoms with Crippen molar-refractivity contribution in [3.63, 3.8) is 0 Å². The van der Waals surface area contributed by atoms with E-state index in [1.165, 1.54) is 0 Å². The molecule has 0 aliphatic carbocycles. The third-order valence-electron chi connectivity index (χ3n) is 2.99. The molecule has 1 aliphatic rings. The summed E-state index contributed by atoms with van der Waals surface area (Å²) in [6.45, 7) is 8.79. The molecule has 0 spiro atoms. The number of carbonyl (C=O) groups excluding carboxylic acids is 1. The van der Waals surface area contributed by atoms with Gasteiger partial charge < -0.3 is 15.2 Å². The maximum absolute atomic E-state index is 11.9. The molecule has 2 rings (SSSR count). The van der Waals surface area contributed by atoms with E-state index in [0.717, 1.165) is 18.9 Å². The smallest absolute Gasteiger partial charge is 0.224 e. The van der Waals surface area contributed by atoms with Crippen LogP contribution in [-0.2, 0) is 11.3 Å². The van der Waals surface area contributed by atoms with E-state index in [4.69, 9.17) is 0 Å². The highest BCUT2D eigenvalue weighted by atomic mass is 16.2. The third kappa shape index (κ3) is 3.57. The molecule has 1 amide bonds. The molecule has 5 nitrogen and oxygen atoms in total. The summed E-state index contributed by atoms with van der Waals surface area (Å²) in [6.07, 6.45) is 4.14. The summed E-state index contributed by atoms with van der Waals surface area (Å²) in [6, 6.07) is 0.241. The van der Waals surface area contributed by atoms with E-state index in [0.29, 0.717) is 13.0 Å². The van der Waals surface area contributed by atoms with Gasteiger partial charge in [0, 0.05) is 37.9 Å². The van der Waals surface area contributed by atoms with Gasteiger partial charge in [0.1, 0.15) is 5.82 Å². The van der Waals surface area contributed by atoms with E-state index in [-0.39, 0.29) is 17.4 Å². The van der Waals surface area contributed by atoms with Crippen LogP contribution >= 0.6 is 0 Å². The molecule has 1 aromatic heterocycles. The van der Waals surface area contributed by atoms with Gasteiger partial charge >= 0.3 is 0 Å². The van der Waals surface area contributed by atoms with Crippen molar-refractivity contribution in [3.05, 3.63) is 18.2 Å². The Morgan fingerprint density at radius 3 is 2.94 bits per heavy atom. The molecular formula is C13H22N4O. The number of aromatic nitrogens is 2. The van der Waals surface area contributed by atoms with E-state index in [2.05, 4.69) is 36.1 Å². The lowest BCUT2D eigenvalue weighted by Gasteiger charge is -2.26. The second kappa shape index (κ2) is 5.10. The lowest BCUT2D eigenvalue weighted by atomic mass is 9.96. The van der Waals surface area contributed by atoms with Crippen LogP contribution in [0.5, 0.6) is 0 Å². The fourth-order valence-corrected chi connectivity index (χ4v) is 2.27. The molecule has 1 saturated heterocycles. The highest BCUT2D eigenvalue weighted by Crippen LogP contribution is 2.20. The number of carbonyl (C=O) groups is 1. The molecule has 0 radical (unpaired) electrons. The minimum atomic E-state index is 0.158. The molecule has 100 valence electrons. The Morgan fingerprint density at radius 2 is 2.33 bits per heavy atom. The molecule has 0 bridgehead atoms. The summed E-state index contributed by atoms with van der Waals surface area (Å²) >= 11 is 0. The predicted octanol–water partition coefficient (Wildman–Crippen LogP) is 1.15. The monoisotopic (exact) mass is 250 g/mol. The summed E-state index contributed by atoms with van der Waals surface area (Å²) in [5.41, 5.74) is 0.158. The van der Waals surface area contributed by atoms with Crippen LogP contribution in [0.25, 0.3) is 0 Å². The van der Waals surface area contributed by atoms with Gasteiger partial charge in [-0.3, -0.25) is 4.79 Å². The third-order valence-corrected chi connectivity index (χ3v) is 2.99. The van der Waals surface area contributed by atoms with Gasteiger partial charge in [0.25, 0.3) is 0 Å². The zero-order chi connectivity index (χ0) is 13.2. The molecule has 2 heterocycles. The topological polar surface area (TPSA) is 61.0 Å². The minimum absolute atomic E-state index is 0.158. The number of likely N-dealkylation sites (tertiary alicyclic amines) is 1. The Balaban J connectivity index is 1.81. The van der Waals surface area contributed by atoms with Crippen molar-refractivity contribution < 1.29 is 4.79 Å². The zero-order valence-corrected chi connectivity index (χ0v) is 11.4. The molecule has 0 aromatic carbocycles. The Hall–Kier alpha value is -1.36. The lowest BCUT2D eigenvalue weighted by Crippen LogP contribution is -2.36. The van der Waals surface area contributed by atoms with Crippen LogP contribution in [-0.4, -0.2) is 39.9 Å². The van der Waals surface area contributed by atoms with Crippen LogP contribution in [0, 0.1) is 5.41 Å². The van der Waals surface area contributed by atoms with Crippen molar-refractivity contribution in [1.29, 1.82) is 0 Å². The molecule has 5 heteroatoms. The number of H-pyrrole nitrogens is 1. The molecular weight excluding hydrogens is 228 g/mol. The number of hydrogen-bond donors (Lipinski definition) is 2. The van der Waals surface area contributed by atoms with Crippen LogP contribution in [0.2, 0.25) is 0 Å². The minimum Gasteiger partial charge on any atom is -0.348 e. The second-order valence-corrected chi connectivity index (χ2v) is 6.15.